The first-order chi connectivity index (χ1) is 8.97. The minimum atomic E-state index is -1.28. The number of phenolic OH excluding ortho intramolecular Hbond substituents is 1. The topological polar surface area (TPSA) is 107 Å². The largest absolute Gasteiger partial charge is 0.508 e. The van der Waals surface area contributed by atoms with Crippen molar-refractivity contribution in [3.05, 3.63) is 24.3 Å². The number of benzene rings is 1. The third-order valence-corrected chi connectivity index (χ3v) is 2.91. The van der Waals surface area contributed by atoms with Crippen LogP contribution in [0.25, 0.3) is 0 Å². The van der Waals surface area contributed by atoms with Gasteiger partial charge in [0.1, 0.15) is 23.6 Å². The zero-order valence-corrected chi connectivity index (χ0v) is 9.89. The second-order valence-corrected chi connectivity index (χ2v) is 4.26. The number of carboxylic acid groups (broad SMARTS) is 2. The Morgan fingerprint density at radius 3 is 2.58 bits per heavy atom. The summed E-state index contributed by atoms with van der Waals surface area (Å²) in [6.07, 6.45) is -1.74. The molecule has 1 aromatic carbocycles. The maximum atomic E-state index is 11.0. The Hall–Kier alpha value is -2.44. The predicted octanol–water partition coefficient (Wildman–Crippen LogP) is 0.977. The highest BCUT2D eigenvalue weighted by Crippen LogP contribution is 2.25. The monoisotopic (exact) mass is 267 g/mol. The molecule has 0 aliphatic carbocycles. The van der Waals surface area contributed by atoms with E-state index < -0.39 is 24.2 Å². The summed E-state index contributed by atoms with van der Waals surface area (Å²) < 4.78 is 5.49. The van der Waals surface area contributed by atoms with Crippen LogP contribution in [-0.2, 0) is 4.79 Å². The molecule has 1 aromatic rings. The third-order valence-electron chi connectivity index (χ3n) is 2.91. The molecule has 3 N–H and O–H groups in total. The molecular weight excluding hydrogens is 254 g/mol. The van der Waals surface area contributed by atoms with Crippen LogP contribution in [0.5, 0.6) is 11.5 Å². The Labute approximate surface area is 108 Å². The molecule has 102 valence electrons. The number of carboxylic acids is 1. The van der Waals surface area contributed by atoms with Crippen molar-refractivity contribution in [3.8, 4) is 11.5 Å². The number of aromatic hydroxyl groups is 1. The summed E-state index contributed by atoms with van der Waals surface area (Å²) in [5.74, 6) is -0.786. The predicted molar refractivity (Wildman–Crippen MR) is 63.3 cm³/mol. The van der Waals surface area contributed by atoms with Gasteiger partial charge in [-0.2, -0.15) is 0 Å². The van der Waals surface area contributed by atoms with Gasteiger partial charge in [-0.05, 0) is 12.1 Å². The highest BCUT2D eigenvalue weighted by molar-refractivity contribution is 5.80. The van der Waals surface area contributed by atoms with Gasteiger partial charge in [0.15, 0.2) is 0 Å². The smallest absolute Gasteiger partial charge is 0.408 e. The second kappa shape index (κ2) is 5.05. The molecule has 1 aliphatic rings. The van der Waals surface area contributed by atoms with Crippen molar-refractivity contribution in [2.75, 3.05) is 6.54 Å². The number of rotatable bonds is 3. The summed E-state index contributed by atoms with van der Waals surface area (Å²) in [6.45, 7) is -0.0119. The standard InChI is InChI=1S/C12H13NO6/c14-7-2-1-3-8(4-7)19-9-5-10(11(15)16)13(6-9)12(17)18/h1-4,9-10,14H,5-6H2,(H,15,16)(H,17,18)/t9-,10-/m0/s1. The number of aliphatic carboxylic acids is 1. The lowest BCUT2D eigenvalue weighted by Crippen LogP contribution is -2.39. The third kappa shape index (κ3) is 2.87. The van der Waals surface area contributed by atoms with E-state index in [9.17, 15) is 14.7 Å². The summed E-state index contributed by atoms with van der Waals surface area (Å²) in [5, 5.41) is 27.2. The summed E-state index contributed by atoms with van der Waals surface area (Å²) in [7, 11) is 0. The number of amides is 1. The van der Waals surface area contributed by atoms with Crippen molar-refractivity contribution >= 4 is 12.1 Å². The molecule has 1 heterocycles. The Bertz CT molecular complexity index is 481. The van der Waals surface area contributed by atoms with Crippen molar-refractivity contribution in [3.63, 3.8) is 0 Å². The van der Waals surface area contributed by atoms with Gasteiger partial charge in [-0.15, -0.1) is 0 Å². The van der Waals surface area contributed by atoms with Crippen LogP contribution >= 0.6 is 0 Å². The number of hydrogen-bond acceptors (Lipinski definition) is 4. The zero-order chi connectivity index (χ0) is 14.0. The molecule has 0 aromatic heterocycles. The Kier molecular flexibility index (Phi) is 3.46. The molecule has 0 spiro atoms. The fraction of sp³-hybridized carbons (Fsp3) is 0.333. The summed E-state index contributed by atoms with van der Waals surface area (Å²) in [4.78, 5) is 22.7. The van der Waals surface area contributed by atoms with Crippen molar-refractivity contribution < 1.29 is 29.6 Å². The molecule has 1 fully saturated rings. The lowest BCUT2D eigenvalue weighted by Gasteiger charge is -2.16. The van der Waals surface area contributed by atoms with E-state index in [4.69, 9.17) is 14.9 Å². The van der Waals surface area contributed by atoms with Crippen LogP contribution in [-0.4, -0.2) is 51.0 Å². The van der Waals surface area contributed by atoms with E-state index in [1.54, 1.807) is 12.1 Å². The maximum Gasteiger partial charge on any atom is 0.408 e. The number of hydrogen-bond donors (Lipinski definition) is 3. The Morgan fingerprint density at radius 1 is 1.32 bits per heavy atom. The van der Waals surface area contributed by atoms with Crippen molar-refractivity contribution in [2.45, 2.75) is 18.6 Å². The lowest BCUT2D eigenvalue weighted by molar-refractivity contribution is -0.141. The first-order valence-corrected chi connectivity index (χ1v) is 5.65. The zero-order valence-electron chi connectivity index (χ0n) is 9.89. The first kappa shape index (κ1) is 13.0. The van der Waals surface area contributed by atoms with Gasteiger partial charge >= 0.3 is 12.1 Å². The molecule has 0 saturated carbocycles. The van der Waals surface area contributed by atoms with Gasteiger partial charge in [0.2, 0.25) is 0 Å². The van der Waals surface area contributed by atoms with Crippen LogP contribution in [0, 0.1) is 0 Å². The first-order valence-electron chi connectivity index (χ1n) is 5.65. The lowest BCUT2D eigenvalue weighted by atomic mass is 10.2. The van der Waals surface area contributed by atoms with Gasteiger partial charge in [-0.25, -0.2) is 9.59 Å². The number of ether oxygens (including phenoxy) is 1. The molecule has 1 aliphatic heterocycles. The fourth-order valence-corrected chi connectivity index (χ4v) is 2.08. The molecule has 0 radical (unpaired) electrons. The van der Waals surface area contributed by atoms with Crippen LogP contribution in [0.15, 0.2) is 24.3 Å². The fourth-order valence-electron chi connectivity index (χ4n) is 2.08. The van der Waals surface area contributed by atoms with Crippen LogP contribution in [0.3, 0.4) is 0 Å². The average Bonchev–Trinajstić information content (AvgIpc) is 2.73. The van der Waals surface area contributed by atoms with E-state index in [0.29, 0.717) is 5.75 Å². The van der Waals surface area contributed by atoms with Gasteiger partial charge in [-0.3, -0.25) is 4.90 Å². The van der Waals surface area contributed by atoms with E-state index in [2.05, 4.69) is 0 Å². The Balaban J connectivity index is 2.07. The van der Waals surface area contributed by atoms with Crippen LogP contribution < -0.4 is 4.74 Å². The minimum Gasteiger partial charge on any atom is -0.508 e. The number of carbonyl (C=O) groups is 2. The molecular formula is C12H13NO6. The molecule has 19 heavy (non-hydrogen) atoms. The normalized spacial score (nSPS) is 22.2. The molecule has 0 bridgehead atoms. The van der Waals surface area contributed by atoms with Crippen LogP contribution in [0.1, 0.15) is 6.42 Å². The van der Waals surface area contributed by atoms with Crippen molar-refractivity contribution in [1.82, 2.24) is 4.90 Å². The summed E-state index contributed by atoms with van der Waals surface area (Å²) in [6, 6.07) is 4.96. The highest BCUT2D eigenvalue weighted by atomic mass is 16.5. The SMILES string of the molecule is O=C(O)[C@@H]1C[C@H](Oc2cccc(O)c2)CN1C(=O)O. The van der Waals surface area contributed by atoms with Crippen molar-refractivity contribution in [1.29, 1.82) is 0 Å². The van der Waals surface area contributed by atoms with E-state index in [-0.39, 0.29) is 18.7 Å². The second-order valence-electron chi connectivity index (χ2n) is 4.26. The van der Waals surface area contributed by atoms with Crippen molar-refractivity contribution in [2.24, 2.45) is 0 Å². The van der Waals surface area contributed by atoms with E-state index in [1.807, 2.05) is 0 Å². The maximum absolute atomic E-state index is 11.0. The Morgan fingerprint density at radius 2 is 2.05 bits per heavy atom. The van der Waals surface area contributed by atoms with Gasteiger partial charge in [0, 0.05) is 12.5 Å². The van der Waals surface area contributed by atoms with E-state index in [0.717, 1.165) is 4.90 Å². The number of likely N-dealkylation sites (tertiary alicyclic amines) is 1. The molecule has 1 saturated heterocycles. The molecule has 2 atom stereocenters. The van der Waals surface area contributed by atoms with Gasteiger partial charge in [0.05, 0.1) is 6.54 Å². The number of phenols is 1. The molecule has 7 heteroatoms. The highest BCUT2D eigenvalue weighted by Gasteiger charge is 2.40. The van der Waals surface area contributed by atoms with Gasteiger partial charge in [-0.1, -0.05) is 6.07 Å². The van der Waals surface area contributed by atoms with Crippen LogP contribution in [0.2, 0.25) is 0 Å². The van der Waals surface area contributed by atoms with E-state index in [1.165, 1.54) is 12.1 Å². The molecule has 7 nitrogen and oxygen atoms in total. The average molecular weight is 267 g/mol. The minimum absolute atomic E-state index is 0.0119. The van der Waals surface area contributed by atoms with E-state index >= 15 is 0 Å². The van der Waals surface area contributed by atoms with Crippen LogP contribution in [0.4, 0.5) is 4.79 Å². The van der Waals surface area contributed by atoms with Gasteiger partial charge < -0.3 is 20.1 Å². The number of nitrogens with zero attached hydrogens (tertiary/aromatic N) is 1. The summed E-state index contributed by atoms with van der Waals surface area (Å²) in [5.41, 5.74) is 0. The molecule has 0 unspecified atom stereocenters. The molecule has 2 rings (SSSR count). The van der Waals surface area contributed by atoms with Gasteiger partial charge in [0.25, 0.3) is 0 Å². The quantitative estimate of drug-likeness (QED) is 0.753. The summed E-state index contributed by atoms with van der Waals surface area (Å²) >= 11 is 0. The molecule has 1 amide bonds.